The first-order chi connectivity index (χ1) is 11.4. The molecule has 0 N–H and O–H groups in total. The molecule has 2 aromatic heterocycles. The molecule has 4 nitrogen and oxygen atoms in total. The average molecular weight is 319 g/mol. The zero-order valence-electron chi connectivity index (χ0n) is 14.3. The van der Waals surface area contributed by atoms with Crippen molar-refractivity contribution in [2.75, 3.05) is 0 Å². The van der Waals surface area contributed by atoms with Gasteiger partial charge < -0.3 is 0 Å². The predicted octanol–water partition coefficient (Wildman–Crippen LogP) is 3.74. The van der Waals surface area contributed by atoms with E-state index in [1.54, 1.807) is 6.20 Å². The van der Waals surface area contributed by atoms with Crippen LogP contribution >= 0.6 is 0 Å². The van der Waals surface area contributed by atoms with Gasteiger partial charge in [0.25, 0.3) is 5.56 Å². The minimum absolute atomic E-state index is 0.0819. The maximum Gasteiger partial charge on any atom is 0.261 e. The molecule has 0 amide bonds. The summed E-state index contributed by atoms with van der Waals surface area (Å²) in [5, 5.41) is 0.702. The third-order valence-electron chi connectivity index (χ3n) is 4.93. The molecule has 0 unspecified atom stereocenters. The third-order valence-corrected chi connectivity index (χ3v) is 4.93. The predicted molar refractivity (Wildman–Crippen MR) is 96.1 cm³/mol. The molecule has 0 saturated carbocycles. The van der Waals surface area contributed by atoms with Crippen LogP contribution in [0.3, 0.4) is 0 Å². The molecule has 0 fully saturated rings. The van der Waals surface area contributed by atoms with E-state index in [-0.39, 0.29) is 11.0 Å². The number of benzene rings is 1. The lowest BCUT2D eigenvalue weighted by Gasteiger charge is -2.32. The molecular formula is C20H21N3O. The maximum atomic E-state index is 13.0. The van der Waals surface area contributed by atoms with E-state index in [1.807, 2.05) is 41.8 Å². The van der Waals surface area contributed by atoms with Gasteiger partial charge in [-0.15, -0.1) is 0 Å². The van der Waals surface area contributed by atoms with E-state index in [1.165, 1.54) is 0 Å². The van der Waals surface area contributed by atoms with Crippen molar-refractivity contribution in [3.63, 3.8) is 0 Å². The minimum Gasteiger partial charge on any atom is -0.296 e. The van der Waals surface area contributed by atoms with Gasteiger partial charge in [-0.3, -0.25) is 14.3 Å². The van der Waals surface area contributed by atoms with Crippen molar-refractivity contribution in [3.8, 4) is 11.3 Å². The summed E-state index contributed by atoms with van der Waals surface area (Å²) in [7, 11) is 0. The van der Waals surface area contributed by atoms with Crippen LogP contribution in [0.25, 0.3) is 22.2 Å². The lowest BCUT2D eigenvalue weighted by Crippen LogP contribution is -2.36. The van der Waals surface area contributed by atoms with Crippen molar-refractivity contribution in [2.24, 2.45) is 5.41 Å². The van der Waals surface area contributed by atoms with E-state index in [9.17, 15) is 4.79 Å². The number of pyridine rings is 1. The largest absolute Gasteiger partial charge is 0.296 e. The van der Waals surface area contributed by atoms with Crippen molar-refractivity contribution in [3.05, 3.63) is 58.3 Å². The van der Waals surface area contributed by atoms with Gasteiger partial charge >= 0.3 is 0 Å². The molecule has 122 valence electrons. The van der Waals surface area contributed by atoms with Gasteiger partial charge in [0.2, 0.25) is 0 Å². The van der Waals surface area contributed by atoms with Gasteiger partial charge in [0.1, 0.15) is 5.82 Å². The van der Waals surface area contributed by atoms with Crippen LogP contribution < -0.4 is 5.56 Å². The average Bonchev–Trinajstić information content (AvgIpc) is 2.56. The molecule has 1 aliphatic heterocycles. The summed E-state index contributed by atoms with van der Waals surface area (Å²) in [5.41, 5.74) is 4.01. The molecule has 0 atom stereocenters. The molecule has 3 aromatic rings. The Kier molecular flexibility index (Phi) is 3.30. The Hall–Kier alpha value is -2.49. The van der Waals surface area contributed by atoms with Crippen molar-refractivity contribution >= 4 is 10.9 Å². The third kappa shape index (κ3) is 2.42. The van der Waals surface area contributed by atoms with Crippen molar-refractivity contribution in [2.45, 2.75) is 40.2 Å². The van der Waals surface area contributed by atoms with Crippen LogP contribution in [0.2, 0.25) is 0 Å². The zero-order valence-corrected chi connectivity index (χ0v) is 14.3. The lowest BCUT2D eigenvalue weighted by atomic mass is 9.85. The quantitative estimate of drug-likeness (QED) is 0.686. The fourth-order valence-electron chi connectivity index (χ4n) is 3.53. The summed E-state index contributed by atoms with van der Waals surface area (Å²) in [6.07, 6.45) is 3.70. The van der Waals surface area contributed by atoms with Crippen molar-refractivity contribution in [1.29, 1.82) is 0 Å². The number of nitrogens with zero attached hydrogens (tertiary/aromatic N) is 3. The Balaban J connectivity index is 1.95. The zero-order chi connectivity index (χ0) is 16.9. The molecule has 24 heavy (non-hydrogen) atoms. The van der Waals surface area contributed by atoms with Crippen LogP contribution in [0.15, 0.2) is 41.3 Å². The van der Waals surface area contributed by atoms with Gasteiger partial charge in [-0.05, 0) is 48.6 Å². The van der Waals surface area contributed by atoms with E-state index >= 15 is 0 Å². The van der Waals surface area contributed by atoms with Gasteiger partial charge in [0.15, 0.2) is 0 Å². The first-order valence-corrected chi connectivity index (χ1v) is 8.40. The van der Waals surface area contributed by atoms with Crippen LogP contribution in [0.4, 0.5) is 0 Å². The Labute approximate surface area is 141 Å². The maximum absolute atomic E-state index is 13.0. The molecule has 3 heterocycles. The summed E-state index contributed by atoms with van der Waals surface area (Å²) in [6, 6.07) is 9.84. The summed E-state index contributed by atoms with van der Waals surface area (Å²) in [5.74, 6) is 0.905. The number of rotatable bonds is 1. The monoisotopic (exact) mass is 319 g/mol. The number of fused-ring (bicyclic) bond motifs is 2. The molecule has 4 heteroatoms. The lowest BCUT2D eigenvalue weighted by molar-refractivity contribution is 0.240. The Morgan fingerprint density at radius 3 is 2.79 bits per heavy atom. The van der Waals surface area contributed by atoms with E-state index in [4.69, 9.17) is 4.98 Å². The van der Waals surface area contributed by atoms with Crippen LogP contribution in [0, 0.1) is 12.3 Å². The molecule has 0 spiro atoms. The second kappa shape index (κ2) is 5.26. The van der Waals surface area contributed by atoms with Gasteiger partial charge in [0.05, 0.1) is 16.6 Å². The van der Waals surface area contributed by atoms with E-state index in [2.05, 4.69) is 18.8 Å². The Morgan fingerprint density at radius 1 is 1.21 bits per heavy atom. The van der Waals surface area contributed by atoms with Gasteiger partial charge in [-0.2, -0.15) is 0 Å². The molecular weight excluding hydrogens is 298 g/mol. The first-order valence-electron chi connectivity index (χ1n) is 8.40. The van der Waals surface area contributed by atoms with Gasteiger partial charge in [0, 0.05) is 24.7 Å². The molecule has 0 aliphatic carbocycles. The summed E-state index contributed by atoms with van der Waals surface area (Å²) in [6.45, 7) is 7.19. The number of aromatic nitrogens is 3. The summed E-state index contributed by atoms with van der Waals surface area (Å²) < 4.78 is 1.87. The minimum atomic E-state index is 0.0819. The second-order valence-electron chi connectivity index (χ2n) is 7.48. The van der Waals surface area contributed by atoms with Crippen molar-refractivity contribution in [1.82, 2.24) is 14.5 Å². The highest BCUT2D eigenvalue weighted by molar-refractivity contribution is 5.85. The molecule has 1 aromatic carbocycles. The van der Waals surface area contributed by atoms with Gasteiger partial charge in [-0.25, -0.2) is 4.98 Å². The molecule has 4 rings (SSSR count). The van der Waals surface area contributed by atoms with E-state index in [0.717, 1.165) is 47.5 Å². The molecule has 0 saturated heterocycles. The molecule has 0 radical (unpaired) electrons. The smallest absolute Gasteiger partial charge is 0.261 e. The number of hydrogen-bond donors (Lipinski definition) is 0. The Morgan fingerprint density at radius 2 is 2.04 bits per heavy atom. The summed E-state index contributed by atoms with van der Waals surface area (Å²) >= 11 is 0. The normalized spacial score (nSPS) is 16.1. The number of hydrogen-bond acceptors (Lipinski definition) is 3. The highest BCUT2D eigenvalue weighted by atomic mass is 16.1. The second-order valence-corrected chi connectivity index (χ2v) is 7.48. The fraction of sp³-hybridized carbons (Fsp3) is 0.350. The van der Waals surface area contributed by atoms with Crippen LogP contribution in [-0.4, -0.2) is 14.5 Å². The first kappa shape index (κ1) is 15.1. The Bertz CT molecular complexity index is 987. The standard InChI is InChI=1S/C20H21N3O/c1-13-10-15-17(11-14(13)16-6-4-5-9-21-16)22-18-7-8-20(2,3)12-23(18)19(15)24/h4-6,9-11H,7-8,12H2,1-3H3. The fourth-order valence-corrected chi connectivity index (χ4v) is 3.53. The van der Waals surface area contributed by atoms with Gasteiger partial charge in [-0.1, -0.05) is 19.9 Å². The highest BCUT2D eigenvalue weighted by Gasteiger charge is 2.27. The topological polar surface area (TPSA) is 47.8 Å². The number of aryl methyl sites for hydroxylation is 2. The molecule has 0 bridgehead atoms. The van der Waals surface area contributed by atoms with Crippen molar-refractivity contribution < 1.29 is 0 Å². The van der Waals surface area contributed by atoms with Crippen LogP contribution in [-0.2, 0) is 13.0 Å². The van der Waals surface area contributed by atoms with Crippen LogP contribution in [0.5, 0.6) is 0 Å². The van der Waals surface area contributed by atoms with Crippen LogP contribution in [0.1, 0.15) is 31.7 Å². The highest BCUT2D eigenvalue weighted by Crippen LogP contribution is 2.30. The van der Waals surface area contributed by atoms with E-state index in [0.29, 0.717) is 5.39 Å². The summed E-state index contributed by atoms with van der Waals surface area (Å²) in [4.78, 5) is 22.2. The van der Waals surface area contributed by atoms with E-state index < -0.39 is 0 Å². The SMILES string of the molecule is Cc1cc2c(=O)n3c(nc2cc1-c1ccccn1)CCC(C)(C)C3. The molecule has 1 aliphatic rings.